The lowest BCUT2D eigenvalue weighted by atomic mass is 10.1. The lowest BCUT2D eigenvalue weighted by Crippen LogP contribution is -2.38. The van der Waals surface area contributed by atoms with Gasteiger partial charge < -0.3 is 0 Å². The number of fused-ring (bicyclic) bond motifs is 1. The first-order chi connectivity index (χ1) is 9.37. The van der Waals surface area contributed by atoms with Gasteiger partial charge in [-0.15, -0.1) is 0 Å². The summed E-state index contributed by atoms with van der Waals surface area (Å²) < 4.78 is 32.3. The smallest absolute Gasteiger partial charge is 0.264 e. The maximum atomic E-state index is 10.7. The monoisotopic (exact) mass is 294 g/mol. The molecule has 108 valence electrons. The van der Waals surface area contributed by atoms with Crippen molar-refractivity contribution < 1.29 is 17.5 Å². The summed E-state index contributed by atoms with van der Waals surface area (Å²) in [6, 6.07) is 10.5. The zero-order valence-corrected chi connectivity index (χ0v) is 12.7. The number of rotatable bonds is 5. The largest absolute Gasteiger partial charge is 0.286 e. The van der Waals surface area contributed by atoms with Crippen molar-refractivity contribution in [3.8, 4) is 0 Å². The Bertz CT molecular complexity index is 723. The molecule has 0 saturated heterocycles. The highest BCUT2D eigenvalue weighted by atomic mass is 32.2. The van der Waals surface area contributed by atoms with E-state index in [2.05, 4.69) is 41.8 Å². The summed E-state index contributed by atoms with van der Waals surface area (Å²) >= 11 is 0. The van der Waals surface area contributed by atoms with Crippen LogP contribution in [0.2, 0.25) is 0 Å². The van der Waals surface area contributed by atoms with E-state index >= 15 is 0 Å². The van der Waals surface area contributed by atoms with Gasteiger partial charge in [0.25, 0.3) is 10.1 Å². The minimum Gasteiger partial charge on any atom is -0.286 e. The molecule has 0 aliphatic heterocycles. The maximum absolute atomic E-state index is 10.7. The molecule has 2 aromatic rings. The molecule has 0 saturated carbocycles. The highest BCUT2D eigenvalue weighted by Gasteiger charge is 2.13. The topological polar surface area (TPSA) is 58.2 Å². The molecule has 0 amide bonds. The van der Waals surface area contributed by atoms with E-state index in [1.165, 1.54) is 10.9 Å². The standard InChI is InChI=1S/C15H19NO3S/c1-12-5-8-15-14(11-12)7-6-13(2)16(15)9-3-4-10-20(17,18)19/h5-8,11H,3-4,9-10H2,1-2H3/p+1. The van der Waals surface area contributed by atoms with E-state index in [9.17, 15) is 8.42 Å². The fourth-order valence-electron chi connectivity index (χ4n) is 2.39. The molecule has 20 heavy (non-hydrogen) atoms. The Morgan fingerprint density at radius 3 is 2.55 bits per heavy atom. The molecule has 5 heteroatoms. The van der Waals surface area contributed by atoms with E-state index in [1.54, 1.807) is 0 Å². The Morgan fingerprint density at radius 1 is 1.10 bits per heavy atom. The molecule has 0 unspecified atom stereocenters. The van der Waals surface area contributed by atoms with Crippen LogP contribution in [0.15, 0.2) is 30.3 Å². The third-order valence-corrected chi connectivity index (χ3v) is 4.24. The molecule has 1 heterocycles. The van der Waals surface area contributed by atoms with Gasteiger partial charge in [0.15, 0.2) is 5.69 Å². The van der Waals surface area contributed by atoms with Crippen molar-refractivity contribution in [2.24, 2.45) is 0 Å². The Morgan fingerprint density at radius 2 is 1.85 bits per heavy atom. The molecule has 0 bridgehead atoms. The summed E-state index contributed by atoms with van der Waals surface area (Å²) in [5.74, 6) is -0.170. The van der Waals surface area contributed by atoms with Gasteiger partial charge in [-0.25, -0.2) is 0 Å². The molecule has 1 N–H and O–H groups in total. The van der Waals surface area contributed by atoms with E-state index in [1.807, 2.05) is 6.92 Å². The van der Waals surface area contributed by atoms with Crippen LogP contribution in [0.5, 0.6) is 0 Å². The summed E-state index contributed by atoms with van der Waals surface area (Å²) in [6.07, 6.45) is 1.19. The van der Waals surface area contributed by atoms with E-state index in [4.69, 9.17) is 4.55 Å². The second-order valence-corrected chi connectivity index (χ2v) is 6.75. The minimum absolute atomic E-state index is 0.170. The van der Waals surface area contributed by atoms with Crippen molar-refractivity contribution >= 4 is 21.0 Å². The van der Waals surface area contributed by atoms with Gasteiger partial charge in [0.1, 0.15) is 6.54 Å². The van der Waals surface area contributed by atoms with Gasteiger partial charge in [0, 0.05) is 30.9 Å². The van der Waals surface area contributed by atoms with Crippen LogP contribution in [0.25, 0.3) is 10.9 Å². The van der Waals surface area contributed by atoms with Gasteiger partial charge in [0.2, 0.25) is 5.52 Å². The summed E-state index contributed by atoms with van der Waals surface area (Å²) in [4.78, 5) is 0. The average molecular weight is 294 g/mol. The Labute approximate surface area is 119 Å². The Balaban J connectivity index is 2.18. The normalized spacial score (nSPS) is 11.9. The van der Waals surface area contributed by atoms with Crippen molar-refractivity contribution in [2.75, 3.05) is 5.75 Å². The number of pyridine rings is 1. The number of hydrogen-bond donors (Lipinski definition) is 1. The van der Waals surface area contributed by atoms with Crippen molar-refractivity contribution in [1.82, 2.24) is 0 Å². The number of aryl methyl sites for hydroxylation is 3. The first-order valence-electron chi connectivity index (χ1n) is 6.72. The summed E-state index contributed by atoms with van der Waals surface area (Å²) in [7, 11) is -3.85. The molecule has 0 aliphatic carbocycles. The number of aromatic nitrogens is 1. The van der Waals surface area contributed by atoms with Crippen molar-refractivity contribution in [3.05, 3.63) is 41.6 Å². The van der Waals surface area contributed by atoms with Gasteiger partial charge in [0.05, 0.1) is 5.75 Å². The van der Waals surface area contributed by atoms with Gasteiger partial charge in [-0.3, -0.25) is 4.55 Å². The molecule has 1 aromatic carbocycles. The third kappa shape index (κ3) is 3.77. The summed E-state index contributed by atoms with van der Waals surface area (Å²) in [5, 5.41) is 1.19. The number of hydrogen-bond acceptors (Lipinski definition) is 2. The van der Waals surface area contributed by atoms with Crippen molar-refractivity contribution in [3.63, 3.8) is 0 Å². The molecule has 0 radical (unpaired) electrons. The number of unbranched alkanes of at least 4 members (excludes halogenated alkanes) is 1. The van der Waals surface area contributed by atoms with Gasteiger partial charge in [-0.1, -0.05) is 11.6 Å². The van der Waals surface area contributed by atoms with Crippen LogP contribution in [0.4, 0.5) is 0 Å². The highest BCUT2D eigenvalue weighted by Crippen LogP contribution is 2.13. The minimum atomic E-state index is -3.85. The van der Waals surface area contributed by atoms with Crippen molar-refractivity contribution in [1.29, 1.82) is 0 Å². The van der Waals surface area contributed by atoms with E-state index in [-0.39, 0.29) is 5.75 Å². The molecule has 4 nitrogen and oxygen atoms in total. The zero-order valence-electron chi connectivity index (χ0n) is 11.8. The molecule has 1 aromatic heterocycles. The lowest BCUT2D eigenvalue weighted by Gasteiger charge is -2.05. The van der Waals surface area contributed by atoms with Crippen LogP contribution < -0.4 is 4.57 Å². The second kappa shape index (κ2) is 5.89. The molecule has 0 spiro atoms. The molecular weight excluding hydrogens is 274 g/mol. The molecule has 0 fully saturated rings. The summed E-state index contributed by atoms with van der Waals surface area (Å²) in [6.45, 7) is 4.86. The predicted molar refractivity (Wildman–Crippen MR) is 79.3 cm³/mol. The van der Waals surface area contributed by atoms with Crippen LogP contribution in [-0.4, -0.2) is 18.7 Å². The third-order valence-electron chi connectivity index (χ3n) is 3.44. The Kier molecular flexibility index (Phi) is 4.40. The Hall–Kier alpha value is -1.46. The molecular formula is C15H20NO3S+. The molecule has 2 rings (SSSR count). The highest BCUT2D eigenvalue weighted by molar-refractivity contribution is 7.85. The van der Waals surface area contributed by atoms with Crippen LogP contribution in [0.3, 0.4) is 0 Å². The fraction of sp³-hybridized carbons (Fsp3) is 0.400. The quantitative estimate of drug-likeness (QED) is 0.523. The summed E-state index contributed by atoms with van der Waals surface area (Å²) in [5.41, 5.74) is 3.52. The maximum Gasteiger partial charge on any atom is 0.264 e. The first kappa shape index (κ1) is 14.9. The van der Waals surface area contributed by atoms with E-state index in [0.29, 0.717) is 6.42 Å². The SMILES string of the molecule is Cc1ccc2c(ccc(C)[n+]2CCCCS(=O)(=O)O)c1. The number of nitrogens with zero attached hydrogens (tertiary/aromatic N) is 1. The van der Waals surface area contributed by atoms with Gasteiger partial charge in [-0.2, -0.15) is 13.0 Å². The van der Waals surface area contributed by atoms with E-state index < -0.39 is 10.1 Å². The fourth-order valence-corrected chi connectivity index (χ4v) is 2.96. The van der Waals surface area contributed by atoms with Crippen LogP contribution in [0, 0.1) is 13.8 Å². The van der Waals surface area contributed by atoms with Gasteiger partial charge in [-0.05, 0) is 25.5 Å². The predicted octanol–water partition coefficient (Wildman–Crippen LogP) is 2.41. The van der Waals surface area contributed by atoms with Crippen LogP contribution >= 0.6 is 0 Å². The molecule has 0 aliphatic rings. The lowest BCUT2D eigenvalue weighted by molar-refractivity contribution is -0.677. The van der Waals surface area contributed by atoms with Crippen LogP contribution in [0.1, 0.15) is 24.1 Å². The van der Waals surface area contributed by atoms with Crippen LogP contribution in [-0.2, 0) is 16.7 Å². The van der Waals surface area contributed by atoms with Crippen molar-refractivity contribution in [2.45, 2.75) is 33.2 Å². The second-order valence-electron chi connectivity index (χ2n) is 5.18. The van der Waals surface area contributed by atoms with E-state index in [0.717, 1.165) is 24.2 Å². The van der Waals surface area contributed by atoms with Gasteiger partial charge >= 0.3 is 0 Å². The average Bonchev–Trinajstić information content (AvgIpc) is 2.35. The molecule has 0 atom stereocenters. The number of benzene rings is 1. The first-order valence-corrected chi connectivity index (χ1v) is 8.33. The zero-order chi connectivity index (χ0) is 14.8.